The van der Waals surface area contributed by atoms with Crippen LogP contribution in [0.3, 0.4) is 0 Å². The molecule has 1 aliphatic rings. The lowest BCUT2D eigenvalue weighted by Gasteiger charge is -2.33. The molecule has 1 rings (SSSR count). The van der Waals surface area contributed by atoms with Gasteiger partial charge in [0.25, 0.3) is 6.43 Å². The van der Waals surface area contributed by atoms with E-state index in [0.29, 0.717) is 12.0 Å². The molecule has 2 unspecified atom stereocenters. The highest BCUT2D eigenvalue weighted by atomic mass is 32.2. The average Bonchev–Trinajstić information content (AvgIpc) is 2.47. The van der Waals surface area contributed by atoms with Gasteiger partial charge >= 0.3 is 0 Å². The van der Waals surface area contributed by atoms with Gasteiger partial charge in [-0.1, -0.05) is 18.9 Å². The van der Waals surface area contributed by atoms with E-state index in [1.165, 1.54) is 6.42 Å². The third kappa shape index (κ3) is 5.00. The Labute approximate surface area is 102 Å². The van der Waals surface area contributed by atoms with Crippen molar-refractivity contribution in [3.8, 4) is 0 Å². The zero-order valence-corrected chi connectivity index (χ0v) is 11.5. The first-order chi connectivity index (χ1) is 7.28. The summed E-state index contributed by atoms with van der Waals surface area (Å²) in [6.07, 6.45) is 1.08. The smallest absolute Gasteiger partial charge is 0.241 e. The Hall–Kier alpha value is 0.170. The highest BCUT2D eigenvalue weighted by Crippen LogP contribution is 2.37. The molecule has 1 fully saturated rings. The molecule has 0 aliphatic heterocycles. The van der Waals surface area contributed by atoms with Gasteiger partial charge in [-0.15, -0.1) is 0 Å². The Morgan fingerprint density at radius 2 is 1.94 bits per heavy atom. The fourth-order valence-corrected chi connectivity index (χ4v) is 3.42. The topological polar surface area (TPSA) is 3.24 Å². The van der Waals surface area contributed by atoms with Gasteiger partial charge in [-0.05, 0) is 46.0 Å². The van der Waals surface area contributed by atoms with Crippen molar-refractivity contribution in [2.24, 2.45) is 5.92 Å². The van der Waals surface area contributed by atoms with Crippen LogP contribution < -0.4 is 0 Å². The van der Waals surface area contributed by atoms with Crippen LogP contribution in [0.15, 0.2) is 0 Å². The summed E-state index contributed by atoms with van der Waals surface area (Å²) in [7, 11) is 0. The van der Waals surface area contributed by atoms with Crippen LogP contribution in [-0.4, -0.2) is 28.1 Å². The van der Waals surface area contributed by atoms with Gasteiger partial charge in [0.05, 0.1) is 6.54 Å². The van der Waals surface area contributed by atoms with Crippen LogP contribution in [0, 0.1) is 5.92 Å². The first-order valence-corrected chi connectivity index (χ1v) is 6.79. The van der Waals surface area contributed by atoms with E-state index in [4.69, 9.17) is 0 Å². The molecule has 0 saturated heterocycles. The second-order valence-corrected chi connectivity index (χ2v) is 7.64. The van der Waals surface area contributed by atoms with Crippen molar-refractivity contribution in [2.75, 3.05) is 6.54 Å². The van der Waals surface area contributed by atoms with Crippen LogP contribution in [0.1, 0.15) is 47.0 Å². The Morgan fingerprint density at radius 1 is 1.31 bits per heavy atom. The maximum Gasteiger partial charge on any atom is 0.252 e. The van der Waals surface area contributed by atoms with Gasteiger partial charge in [0.2, 0.25) is 0 Å². The minimum absolute atomic E-state index is 0.0146. The predicted octanol–water partition coefficient (Wildman–Crippen LogP) is 4.19. The summed E-state index contributed by atoms with van der Waals surface area (Å²) in [6, 6.07) is 0.341. The van der Waals surface area contributed by atoms with Gasteiger partial charge < -0.3 is 0 Å². The number of hydrogen-bond acceptors (Lipinski definition) is 2. The van der Waals surface area contributed by atoms with E-state index in [9.17, 15) is 8.78 Å². The van der Waals surface area contributed by atoms with Crippen molar-refractivity contribution in [3.05, 3.63) is 0 Å². The summed E-state index contributed by atoms with van der Waals surface area (Å²) < 4.78 is 27.1. The van der Waals surface area contributed by atoms with Crippen LogP contribution in [0.4, 0.5) is 8.78 Å². The van der Waals surface area contributed by atoms with Crippen molar-refractivity contribution in [1.82, 2.24) is 4.31 Å². The van der Waals surface area contributed by atoms with Crippen LogP contribution in [-0.2, 0) is 0 Å². The molecule has 1 nitrogen and oxygen atoms in total. The van der Waals surface area contributed by atoms with Crippen LogP contribution in [0.25, 0.3) is 0 Å². The lowest BCUT2D eigenvalue weighted by molar-refractivity contribution is 0.111. The number of rotatable bonds is 4. The maximum atomic E-state index is 12.6. The molecule has 4 heteroatoms. The molecule has 0 bridgehead atoms. The Balaban J connectivity index is 2.56. The first-order valence-electron chi connectivity index (χ1n) is 6.02. The first kappa shape index (κ1) is 14.2. The zero-order valence-electron chi connectivity index (χ0n) is 10.7. The highest BCUT2D eigenvalue weighted by Gasteiger charge is 2.31. The van der Waals surface area contributed by atoms with E-state index in [1.807, 2.05) is 4.31 Å². The zero-order chi connectivity index (χ0) is 12.3. The molecular weight excluding hydrogens is 228 g/mol. The van der Waals surface area contributed by atoms with Gasteiger partial charge in [0, 0.05) is 10.8 Å². The normalized spacial score (nSPS) is 27.0. The van der Waals surface area contributed by atoms with Crippen molar-refractivity contribution < 1.29 is 8.78 Å². The van der Waals surface area contributed by atoms with Crippen molar-refractivity contribution in [3.63, 3.8) is 0 Å². The van der Waals surface area contributed by atoms with E-state index in [-0.39, 0.29) is 11.3 Å². The fourth-order valence-electron chi connectivity index (χ4n) is 2.19. The second kappa shape index (κ2) is 5.67. The number of halogens is 2. The molecule has 0 spiro atoms. The molecule has 0 radical (unpaired) electrons. The monoisotopic (exact) mass is 251 g/mol. The minimum Gasteiger partial charge on any atom is -0.241 e. The molecule has 0 aromatic carbocycles. The SMILES string of the molecule is CC1CCC(N(CC(F)F)SC(C)(C)C)C1. The quantitative estimate of drug-likeness (QED) is 0.689. The second-order valence-electron chi connectivity index (χ2n) is 5.77. The van der Waals surface area contributed by atoms with Gasteiger partial charge in [-0.25, -0.2) is 13.1 Å². The summed E-state index contributed by atoms with van der Waals surface area (Å²) >= 11 is 1.58. The summed E-state index contributed by atoms with van der Waals surface area (Å²) in [5.74, 6) is 0.686. The summed E-state index contributed by atoms with van der Waals surface area (Å²) in [6.45, 7) is 8.35. The molecule has 0 heterocycles. The van der Waals surface area contributed by atoms with Gasteiger partial charge in [-0.2, -0.15) is 0 Å². The average molecular weight is 251 g/mol. The Morgan fingerprint density at radius 3 is 2.31 bits per heavy atom. The molecule has 1 aliphatic carbocycles. The lowest BCUT2D eigenvalue weighted by atomic mass is 10.1. The van der Waals surface area contributed by atoms with Crippen LogP contribution in [0.2, 0.25) is 0 Å². The Bertz CT molecular complexity index is 216. The summed E-state index contributed by atoms with van der Waals surface area (Å²) in [5, 5.41) is 0. The largest absolute Gasteiger partial charge is 0.252 e. The number of hydrogen-bond donors (Lipinski definition) is 0. The minimum atomic E-state index is -2.23. The highest BCUT2D eigenvalue weighted by molar-refractivity contribution is 7.98. The van der Waals surface area contributed by atoms with Crippen molar-refractivity contribution >= 4 is 11.9 Å². The van der Waals surface area contributed by atoms with E-state index in [0.717, 1.165) is 12.8 Å². The van der Waals surface area contributed by atoms with Crippen LogP contribution in [0.5, 0.6) is 0 Å². The third-order valence-corrected chi connectivity index (χ3v) is 4.01. The molecular formula is C12H23F2NS. The van der Waals surface area contributed by atoms with Gasteiger partial charge in [-0.3, -0.25) is 0 Å². The van der Waals surface area contributed by atoms with Crippen molar-refractivity contribution in [2.45, 2.75) is 64.2 Å². The van der Waals surface area contributed by atoms with E-state index in [2.05, 4.69) is 27.7 Å². The molecule has 0 N–H and O–H groups in total. The molecule has 96 valence electrons. The van der Waals surface area contributed by atoms with E-state index in [1.54, 1.807) is 11.9 Å². The predicted molar refractivity (Wildman–Crippen MR) is 66.9 cm³/mol. The van der Waals surface area contributed by atoms with E-state index >= 15 is 0 Å². The molecule has 0 amide bonds. The Kier molecular flexibility index (Phi) is 5.05. The summed E-state index contributed by atoms with van der Waals surface area (Å²) in [4.78, 5) is 0. The molecule has 0 aromatic heterocycles. The number of alkyl halides is 2. The molecule has 2 atom stereocenters. The lowest BCUT2D eigenvalue weighted by Crippen LogP contribution is -2.35. The van der Waals surface area contributed by atoms with Gasteiger partial charge in [0.1, 0.15) is 0 Å². The fraction of sp³-hybridized carbons (Fsp3) is 1.00. The third-order valence-electron chi connectivity index (χ3n) is 2.78. The number of nitrogens with zero attached hydrogens (tertiary/aromatic N) is 1. The maximum absolute atomic E-state index is 12.6. The molecule has 1 saturated carbocycles. The van der Waals surface area contributed by atoms with E-state index < -0.39 is 6.43 Å². The van der Waals surface area contributed by atoms with Crippen LogP contribution >= 0.6 is 11.9 Å². The summed E-state index contributed by atoms with van der Waals surface area (Å²) in [5.41, 5.74) is 0. The van der Waals surface area contributed by atoms with Gasteiger partial charge in [0.15, 0.2) is 0 Å². The molecule has 0 aromatic rings. The molecule has 16 heavy (non-hydrogen) atoms. The van der Waals surface area contributed by atoms with Crippen molar-refractivity contribution in [1.29, 1.82) is 0 Å². The standard InChI is InChI=1S/C12H23F2NS/c1-9-5-6-10(7-9)15(8-11(13)14)16-12(2,3)4/h9-11H,5-8H2,1-4H3.